The van der Waals surface area contributed by atoms with Crippen LogP contribution in [0.5, 0.6) is 11.8 Å². The van der Waals surface area contributed by atoms with Gasteiger partial charge in [-0.25, -0.2) is 9.59 Å². The second-order valence-electron chi connectivity index (χ2n) is 7.89. The molecule has 0 bridgehead atoms. The molecule has 1 fully saturated rings. The molecule has 0 saturated carbocycles. The minimum atomic E-state index is -5.30. The summed E-state index contributed by atoms with van der Waals surface area (Å²) in [5.74, 6) is 2.38. The third-order valence-corrected chi connectivity index (χ3v) is 5.45. The summed E-state index contributed by atoms with van der Waals surface area (Å²) in [6.07, 6.45) is -5.30. The first-order valence-corrected chi connectivity index (χ1v) is 11.0. The summed E-state index contributed by atoms with van der Waals surface area (Å²) in [4.78, 5) is 46.9. The predicted molar refractivity (Wildman–Crippen MR) is 124 cm³/mol. The SMILES string of the molecule is CC#CCn1c(N2CCNCC2)nc2nc(Oc3ccc(C(=O)OC(=O)C(F)(F)F)cc3)n(C)c(=O)c21. The van der Waals surface area contributed by atoms with Crippen LogP contribution < -0.4 is 20.5 Å². The van der Waals surface area contributed by atoms with Gasteiger partial charge in [0.1, 0.15) is 5.75 Å². The molecule has 1 aliphatic rings. The number of halogens is 3. The number of anilines is 1. The van der Waals surface area contributed by atoms with E-state index in [0.717, 1.165) is 25.2 Å². The highest BCUT2D eigenvalue weighted by Gasteiger charge is 2.42. The van der Waals surface area contributed by atoms with E-state index in [1.54, 1.807) is 11.5 Å². The highest BCUT2D eigenvalue weighted by atomic mass is 19.4. The maximum absolute atomic E-state index is 13.3. The number of nitrogens with zero attached hydrogens (tertiary/aromatic N) is 5. The normalized spacial score (nSPS) is 13.7. The molecule has 194 valence electrons. The fourth-order valence-electron chi connectivity index (χ4n) is 3.60. The van der Waals surface area contributed by atoms with Gasteiger partial charge in [0.2, 0.25) is 5.95 Å². The van der Waals surface area contributed by atoms with Gasteiger partial charge in [-0.1, -0.05) is 5.92 Å². The van der Waals surface area contributed by atoms with E-state index in [-0.39, 0.29) is 35.0 Å². The number of piperazine rings is 1. The number of rotatable bonds is 5. The summed E-state index contributed by atoms with van der Waals surface area (Å²) in [6, 6.07) is 4.63. The van der Waals surface area contributed by atoms with Gasteiger partial charge in [-0.15, -0.1) is 5.92 Å². The molecule has 1 N–H and O–H groups in total. The molecule has 0 spiro atoms. The molecule has 37 heavy (non-hydrogen) atoms. The van der Waals surface area contributed by atoms with Crippen molar-refractivity contribution in [3.8, 4) is 23.6 Å². The summed E-state index contributed by atoms with van der Waals surface area (Å²) in [6.45, 7) is 4.85. The lowest BCUT2D eigenvalue weighted by Crippen LogP contribution is -2.44. The average molecular weight is 518 g/mol. The molecule has 0 atom stereocenters. The largest absolute Gasteiger partial charge is 0.491 e. The zero-order chi connectivity index (χ0) is 26.7. The number of carbonyl (C=O) groups excluding carboxylic acids is 2. The van der Waals surface area contributed by atoms with Crippen molar-refractivity contribution >= 4 is 29.1 Å². The smallest absolute Gasteiger partial charge is 0.425 e. The summed E-state index contributed by atoms with van der Waals surface area (Å²) in [5.41, 5.74) is -0.301. The molecule has 0 amide bonds. The molecule has 1 saturated heterocycles. The van der Waals surface area contributed by atoms with Crippen molar-refractivity contribution in [2.45, 2.75) is 19.6 Å². The van der Waals surface area contributed by atoms with E-state index in [9.17, 15) is 27.6 Å². The molecular weight excluding hydrogens is 497 g/mol. The maximum Gasteiger partial charge on any atom is 0.491 e. The summed E-state index contributed by atoms with van der Waals surface area (Å²) < 4.78 is 49.3. The van der Waals surface area contributed by atoms with Crippen LogP contribution in [0.3, 0.4) is 0 Å². The molecule has 3 aromatic rings. The zero-order valence-corrected chi connectivity index (χ0v) is 19.8. The molecule has 0 radical (unpaired) electrons. The lowest BCUT2D eigenvalue weighted by molar-refractivity contribution is -0.193. The van der Waals surface area contributed by atoms with E-state index in [2.05, 4.69) is 31.9 Å². The van der Waals surface area contributed by atoms with E-state index in [1.807, 2.05) is 4.90 Å². The predicted octanol–water partition coefficient (Wildman–Crippen LogP) is 1.60. The second kappa shape index (κ2) is 10.3. The number of ether oxygens (including phenoxy) is 2. The number of hydrogen-bond acceptors (Lipinski definition) is 9. The van der Waals surface area contributed by atoms with Crippen LogP contribution in [0.4, 0.5) is 19.1 Å². The van der Waals surface area contributed by atoms with Crippen molar-refractivity contribution < 1.29 is 32.2 Å². The Balaban J connectivity index is 1.63. The molecule has 4 rings (SSSR count). The Kier molecular flexibility index (Phi) is 7.16. The lowest BCUT2D eigenvalue weighted by atomic mass is 10.2. The van der Waals surface area contributed by atoms with Crippen molar-refractivity contribution in [3.63, 3.8) is 0 Å². The number of esters is 2. The first-order valence-electron chi connectivity index (χ1n) is 11.0. The molecule has 0 aliphatic carbocycles. The van der Waals surface area contributed by atoms with Crippen molar-refractivity contribution in [1.29, 1.82) is 0 Å². The fourth-order valence-corrected chi connectivity index (χ4v) is 3.60. The molecule has 2 aromatic heterocycles. The van der Waals surface area contributed by atoms with Crippen LogP contribution in [0.25, 0.3) is 11.2 Å². The fraction of sp³-hybridized carbons (Fsp3) is 0.348. The van der Waals surface area contributed by atoms with Gasteiger partial charge in [0.15, 0.2) is 11.2 Å². The Morgan fingerprint density at radius 3 is 2.43 bits per heavy atom. The Bertz CT molecular complexity index is 1460. The monoisotopic (exact) mass is 518 g/mol. The van der Waals surface area contributed by atoms with Crippen molar-refractivity contribution in [2.24, 2.45) is 7.05 Å². The van der Waals surface area contributed by atoms with Crippen LogP contribution in [0.2, 0.25) is 0 Å². The summed E-state index contributed by atoms with van der Waals surface area (Å²) >= 11 is 0. The number of carbonyl (C=O) groups is 2. The van der Waals surface area contributed by atoms with Crippen molar-refractivity contribution in [3.05, 3.63) is 40.2 Å². The highest BCUT2D eigenvalue weighted by molar-refractivity contribution is 5.98. The highest BCUT2D eigenvalue weighted by Crippen LogP contribution is 2.25. The quantitative estimate of drug-likeness (QED) is 0.305. The number of fused-ring (bicyclic) bond motifs is 1. The molecule has 3 heterocycles. The average Bonchev–Trinajstić information content (AvgIpc) is 3.24. The molecule has 0 unspecified atom stereocenters. The van der Waals surface area contributed by atoms with Gasteiger partial charge in [-0.2, -0.15) is 23.1 Å². The van der Waals surface area contributed by atoms with Gasteiger partial charge in [-0.3, -0.25) is 13.9 Å². The topological polar surface area (TPSA) is 121 Å². The number of alkyl halides is 3. The van der Waals surface area contributed by atoms with Gasteiger partial charge in [0.05, 0.1) is 12.1 Å². The van der Waals surface area contributed by atoms with Crippen molar-refractivity contribution in [1.82, 2.24) is 24.4 Å². The zero-order valence-electron chi connectivity index (χ0n) is 19.8. The van der Waals surface area contributed by atoms with E-state index in [0.29, 0.717) is 19.0 Å². The third-order valence-electron chi connectivity index (χ3n) is 5.45. The number of nitrogens with one attached hydrogen (secondary N) is 1. The van der Waals surface area contributed by atoms with Gasteiger partial charge in [0, 0.05) is 33.2 Å². The lowest BCUT2D eigenvalue weighted by Gasteiger charge is -2.28. The van der Waals surface area contributed by atoms with Crippen LogP contribution in [0.15, 0.2) is 29.1 Å². The molecule has 1 aliphatic heterocycles. The van der Waals surface area contributed by atoms with Gasteiger partial charge >= 0.3 is 24.1 Å². The van der Waals surface area contributed by atoms with E-state index in [1.165, 1.54) is 23.7 Å². The van der Waals surface area contributed by atoms with Gasteiger partial charge in [-0.05, 0) is 31.2 Å². The van der Waals surface area contributed by atoms with Crippen LogP contribution in [-0.2, 0) is 23.1 Å². The minimum Gasteiger partial charge on any atom is -0.425 e. The van der Waals surface area contributed by atoms with Gasteiger partial charge in [0.25, 0.3) is 5.56 Å². The Morgan fingerprint density at radius 1 is 1.14 bits per heavy atom. The maximum atomic E-state index is 13.3. The molecule has 1 aromatic carbocycles. The van der Waals surface area contributed by atoms with Crippen LogP contribution in [0.1, 0.15) is 17.3 Å². The first-order chi connectivity index (χ1) is 17.6. The first kappa shape index (κ1) is 25.7. The van der Waals surface area contributed by atoms with E-state index >= 15 is 0 Å². The van der Waals surface area contributed by atoms with E-state index in [4.69, 9.17) is 4.74 Å². The third kappa shape index (κ3) is 5.41. The number of aromatic nitrogens is 4. The Labute approximate surface area is 207 Å². The van der Waals surface area contributed by atoms with E-state index < -0.39 is 23.7 Å². The summed E-state index contributed by atoms with van der Waals surface area (Å²) in [5, 5.41) is 3.26. The van der Waals surface area contributed by atoms with Crippen molar-refractivity contribution in [2.75, 3.05) is 31.1 Å². The summed E-state index contributed by atoms with van der Waals surface area (Å²) in [7, 11) is 1.46. The van der Waals surface area contributed by atoms with Crippen LogP contribution in [-0.4, -0.2) is 63.4 Å². The molecular formula is C23H21F3N6O5. The standard InChI is InChI=1S/C23H21F3N6O5/c1-3-4-11-32-16-17(28-21(32)31-12-9-27-10-13-31)29-22(30(2)18(16)33)36-15-7-5-14(6-8-15)19(34)37-20(35)23(24,25)26/h5-8,27H,9-13H2,1-2H3. The van der Waals surface area contributed by atoms with Gasteiger partial charge < -0.3 is 19.7 Å². The number of benzene rings is 1. The number of imidazole rings is 1. The molecule has 11 nitrogen and oxygen atoms in total. The second-order valence-corrected chi connectivity index (χ2v) is 7.89. The minimum absolute atomic E-state index is 0.0989. The van der Waals surface area contributed by atoms with Crippen LogP contribution in [0, 0.1) is 11.8 Å². The van der Waals surface area contributed by atoms with Crippen LogP contribution >= 0.6 is 0 Å². The Hall–Kier alpha value is -4.38. The Morgan fingerprint density at radius 2 is 1.81 bits per heavy atom. The number of hydrogen-bond donors (Lipinski definition) is 1. The molecule has 14 heteroatoms.